The van der Waals surface area contributed by atoms with Crippen LogP contribution in [-0.4, -0.2) is 25.6 Å². The zero-order valence-electron chi connectivity index (χ0n) is 11.2. The van der Waals surface area contributed by atoms with E-state index < -0.39 is 0 Å². The molecule has 2 N–H and O–H groups in total. The first-order valence-electron chi connectivity index (χ1n) is 6.53. The molecule has 0 aliphatic rings. The van der Waals surface area contributed by atoms with Gasteiger partial charge < -0.3 is 10.6 Å². The van der Waals surface area contributed by atoms with Crippen molar-refractivity contribution in [1.29, 1.82) is 0 Å². The van der Waals surface area contributed by atoms with Crippen LogP contribution in [0.4, 0.5) is 0 Å². The molecule has 0 radical (unpaired) electrons. The lowest BCUT2D eigenvalue weighted by Gasteiger charge is -2.08. The van der Waals surface area contributed by atoms with Crippen LogP contribution in [0.1, 0.15) is 25.8 Å². The third-order valence-corrected chi connectivity index (χ3v) is 2.75. The Bertz CT molecular complexity index is 352. The standard InChI is InChI=1S/C14H22ClN3/c1-3-16-14(17-4-2)18-11-5-6-12-7-9-13(15)10-8-12/h7-10H,3-6,11H2,1-2H3,(H2,16,17,18). The monoisotopic (exact) mass is 267 g/mol. The summed E-state index contributed by atoms with van der Waals surface area (Å²) in [5.74, 6) is 0.899. The quantitative estimate of drug-likeness (QED) is 0.472. The smallest absolute Gasteiger partial charge is 0.191 e. The molecule has 0 heterocycles. The topological polar surface area (TPSA) is 36.4 Å². The Kier molecular flexibility index (Phi) is 7.26. The summed E-state index contributed by atoms with van der Waals surface area (Å²) >= 11 is 5.85. The van der Waals surface area contributed by atoms with Crippen LogP contribution in [-0.2, 0) is 6.42 Å². The first-order valence-corrected chi connectivity index (χ1v) is 6.90. The zero-order valence-corrected chi connectivity index (χ0v) is 11.9. The van der Waals surface area contributed by atoms with Crippen LogP contribution >= 0.6 is 11.6 Å². The molecule has 0 spiro atoms. The van der Waals surface area contributed by atoms with Gasteiger partial charge >= 0.3 is 0 Å². The van der Waals surface area contributed by atoms with Crippen LogP contribution in [0.5, 0.6) is 0 Å². The summed E-state index contributed by atoms with van der Waals surface area (Å²) in [6.45, 7) is 6.76. The van der Waals surface area contributed by atoms with Gasteiger partial charge in [-0.25, -0.2) is 0 Å². The lowest BCUT2D eigenvalue weighted by molar-refractivity contribution is 0.795. The summed E-state index contributed by atoms with van der Waals surface area (Å²) in [6, 6.07) is 8.01. The lowest BCUT2D eigenvalue weighted by Crippen LogP contribution is -2.37. The van der Waals surface area contributed by atoms with E-state index in [0.717, 1.165) is 43.5 Å². The Balaban J connectivity index is 2.31. The third kappa shape index (κ3) is 5.92. The summed E-state index contributed by atoms with van der Waals surface area (Å²) in [5.41, 5.74) is 1.31. The van der Waals surface area contributed by atoms with Crippen molar-refractivity contribution >= 4 is 17.6 Å². The van der Waals surface area contributed by atoms with E-state index in [1.165, 1.54) is 5.56 Å². The van der Waals surface area contributed by atoms with Gasteiger partial charge in [0.2, 0.25) is 0 Å². The minimum atomic E-state index is 0.790. The second-order valence-corrected chi connectivity index (χ2v) is 4.46. The van der Waals surface area contributed by atoms with E-state index >= 15 is 0 Å². The largest absolute Gasteiger partial charge is 0.357 e. The fourth-order valence-electron chi connectivity index (χ4n) is 1.63. The normalized spacial score (nSPS) is 9.94. The molecule has 0 saturated carbocycles. The highest BCUT2D eigenvalue weighted by atomic mass is 35.5. The molecule has 1 rings (SSSR count). The molecule has 0 unspecified atom stereocenters. The fraction of sp³-hybridized carbons (Fsp3) is 0.500. The maximum absolute atomic E-state index is 5.85. The zero-order chi connectivity index (χ0) is 13.2. The van der Waals surface area contributed by atoms with Crippen molar-refractivity contribution in [3.05, 3.63) is 34.9 Å². The molecule has 4 heteroatoms. The van der Waals surface area contributed by atoms with Crippen molar-refractivity contribution < 1.29 is 0 Å². The minimum Gasteiger partial charge on any atom is -0.357 e. The molecule has 1 aromatic carbocycles. The number of nitrogens with one attached hydrogen (secondary N) is 2. The van der Waals surface area contributed by atoms with Crippen molar-refractivity contribution in [3.63, 3.8) is 0 Å². The van der Waals surface area contributed by atoms with E-state index in [4.69, 9.17) is 11.6 Å². The number of halogens is 1. The van der Waals surface area contributed by atoms with Gasteiger partial charge in [0, 0.05) is 24.7 Å². The van der Waals surface area contributed by atoms with Crippen molar-refractivity contribution in [1.82, 2.24) is 10.6 Å². The van der Waals surface area contributed by atoms with Gasteiger partial charge in [0.05, 0.1) is 0 Å². The number of hydrogen-bond acceptors (Lipinski definition) is 1. The Hall–Kier alpha value is -1.22. The van der Waals surface area contributed by atoms with Crippen LogP contribution in [0.3, 0.4) is 0 Å². The van der Waals surface area contributed by atoms with Crippen LogP contribution in [0, 0.1) is 0 Å². The predicted molar refractivity (Wildman–Crippen MR) is 79.4 cm³/mol. The maximum Gasteiger partial charge on any atom is 0.191 e. The molecule has 0 fully saturated rings. The SMILES string of the molecule is CCNC(=NCCCc1ccc(Cl)cc1)NCC. The van der Waals surface area contributed by atoms with Crippen LogP contribution in [0.2, 0.25) is 5.02 Å². The van der Waals surface area contributed by atoms with Crippen molar-refractivity contribution in [2.75, 3.05) is 19.6 Å². The third-order valence-electron chi connectivity index (χ3n) is 2.50. The highest BCUT2D eigenvalue weighted by molar-refractivity contribution is 6.30. The number of nitrogens with zero attached hydrogens (tertiary/aromatic N) is 1. The molecule has 0 aliphatic heterocycles. The van der Waals surface area contributed by atoms with Gasteiger partial charge in [0.1, 0.15) is 0 Å². The number of benzene rings is 1. The number of aryl methyl sites for hydroxylation is 1. The molecule has 0 saturated heterocycles. The first-order chi connectivity index (χ1) is 8.76. The van der Waals surface area contributed by atoms with E-state index in [2.05, 4.69) is 41.6 Å². The Morgan fingerprint density at radius 3 is 2.28 bits per heavy atom. The van der Waals surface area contributed by atoms with Crippen molar-refractivity contribution in [2.24, 2.45) is 4.99 Å². The van der Waals surface area contributed by atoms with Gasteiger partial charge in [-0.15, -0.1) is 0 Å². The molecule has 18 heavy (non-hydrogen) atoms. The summed E-state index contributed by atoms with van der Waals surface area (Å²) in [5, 5.41) is 7.21. The molecular formula is C14H22ClN3. The van der Waals surface area contributed by atoms with E-state index in [0.29, 0.717) is 0 Å². The van der Waals surface area contributed by atoms with Crippen LogP contribution in [0.25, 0.3) is 0 Å². The Labute approximate surface area is 115 Å². The van der Waals surface area contributed by atoms with Crippen LogP contribution < -0.4 is 10.6 Å². The predicted octanol–water partition coefficient (Wildman–Crippen LogP) is 2.85. The van der Waals surface area contributed by atoms with Crippen molar-refractivity contribution in [2.45, 2.75) is 26.7 Å². The van der Waals surface area contributed by atoms with Gasteiger partial charge in [-0.05, 0) is 44.4 Å². The second-order valence-electron chi connectivity index (χ2n) is 4.02. The van der Waals surface area contributed by atoms with Gasteiger partial charge in [0.25, 0.3) is 0 Å². The van der Waals surface area contributed by atoms with Crippen molar-refractivity contribution in [3.8, 4) is 0 Å². The summed E-state index contributed by atoms with van der Waals surface area (Å²) in [6.07, 6.45) is 2.08. The van der Waals surface area contributed by atoms with E-state index in [-0.39, 0.29) is 0 Å². The molecular weight excluding hydrogens is 246 g/mol. The summed E-state index contributed by atoms with van der Waals surface area (Å²) < 4.78 is 0. The van der Waals surface area contributed by atoms with Gasteiger partial charge in [0.15, 0.2) is 5.96 Å². The van der Waals surface area contributed by atoms with Gasteiger partial charge in [-0.2, -0.15) is 0 Å². The molecule has 0 amide bonds. The molecule has 0 atom stereocenters. The highest BCUT2D eigenvalue weighted by Crippen LogP contribution is 2.10. The number of aliphatic imine (C=N–C) groups is 1. The molecule has 3 nitrogen and oxygen atoms in total. The number of guanidine groups is 1. The Morgan fingerprint density at radius 1 is 1.11 bits per heavy atom. The van der Waals surface area contributed by atoms with E-state index in [1.54, 1.807) is 0 Å². The van der Waals surface area contributed by atoms with E-state index in [9.17, 15) is 0 Å². The minimum absolute atomic E-state index is 0.790. The highest BCUT2D eigenvalue weighted by Gasteiger charge is 1.95. The maximum atomic E-state index is 5.85. The van der Waals surface area contributed by atoms with Crippen LogP contribution in [0.15, 0.2) is 29.3 Å². The molecule has 0 aromatic heterocycles. The molecule has 100 valence electrons. The first kappa shape index (κ1) is 14.8. The van der Waals surface area contributed by atoms with Gasteiger partial charge in [-0.3, -0.25) is 4.99 Å². The number of hydrogen-bond donors (Lipinski definition) is 2. The molecule has 1 aromatic rings. The Morgan fingerprint density at radius 2 is 1.72 bits per heavy atom. The number of rotatable bonds is 6. The van der Waals surface area contributed by atoms with Gasteiger partial charge in [-0.1, -0.05) is 23.7 Å². The van der Waals surface area contributed by atoms with E-state index in [1.807, 2.05) is 12.1 Å². The average Bonchev–Trinajstić information content (AvgIpc) is 2.37. The molecule has 0 bridgehead atoms. The fourth-order valence-corrected chi connectivity index (χ4v) is 1.76. The summed E-state index contributed by atoms with van der Waals surface area (Å²) in [7, 11) is 0. The summed E-state index contributed by atoms with van der Waals surface area (Å²) in [4.78, 5) is 4.50. The lowest BCUT2D eigenvalue weighted by atomic mass is 10.1. The average molecular weight is 268 g/mol. The molecule has 0 aliphatic carbocycles. The second kappa shape index (κ2) is 8.81.